The third-order valence-electron chi connectivity index (χ3n) is 6.84. The van der Waals surface area contributed by atoms with Gasteiger partial charge in [0, 0.05) is 41.8 Å². The van der Waals surface area contributed by atoms with E-state index < -0.39 is 0 Å². The number of nitrogens with one attached hydrogen (secondary N) is 1. The number of ether oxygens (including phenoxy) is 1. The number of thioether (sulfide) groups is 2. The van der Waals surface area contributed by atoms with Crippen LogP contribution in [0, 0.1) is 11.3 Å². The number of nitrogens with zero attached hydrogens (tertiary/aromatic N) is 7. The van der Waals surface area contributed by atoms with Gasteiger partial charge in [-0.25, -0.2) is 0 Å². The quantitative estimate of drug-likeness (QED) is 0.250. The molecule has 2 aliphatic heterocycles. The van der Waals surface area contributed by atoms with Crippen LogP contribution in [-0.2, 0) is 13.0 Å². The molecule has 2 aliphatic rings. The van der Waals surface area contributed by atoms with Crippen LogP contribution in [0.15, 0.2) is 64.8 Å². The number of hydrogen-bond acceptors (Lipinski definition) is 9. The molecule has 39 heavy (non-hydrogen) atoms. The van der Waals surface area contributed by atoms with E-state index in [1.165, 1.54) is 6.42 Å². The number of allylic oxidation sites excluding steroid dienone is 1. The van der Waals surface area contributed by atoms with Crippen molar-refractivity contribution in [2.75, 3.05) is 19.4 Å². The minimum atomic E-state index is 0.269. The van der Waals surface area contributed by atoms with E-state index in [1.807, 2.05) is 42.5 Å². The van der Waals surface area contributed by atoms with Gasteiger partial charge >= 0.3 is 0 Å². The maximum Gasteiger partial charge on any atom is 0.196 e. The van der Waals surface area contributed by atoms with Gasteiger partial charge in [0.1, 0.15) is 23.2 Å². The number of methoxy groups -OCH3 is 1. The Morgan fingerprint density at radius 1 is 1.08 bits per heavy atom. The first-order chi connectivity index (χ1) is 19.2. The lowest BCUT2D eigenvalue weighted by Crippen LogP contribution is -2.15. The molecule has 1 fully saturated rings. The first-order valence-corrected chi connectivity index (χ1v) is 14.9. The van der Waals surface area contributed by atoms with E-state index in [9.17, 15) is 5.26 Å². The second-order valence-corrected chi connectivity index (χ2v) is 11.7. The zero-order valence-electron chi connectivity index (χ0n) is 21.6. The topological polar surface area (TPSA) is 106 Å². The Hall–Kier alpha value is -3.75. The molecule has 0 bridgehead atoms. The Labute approximate surface area is 235 Å². The highest BCUT2D eigenvalue weighted by Gasteiger charge is 2.28. The molecule has 9 nitrogen and oxygen atoms in total. The minimum Gasteiger partial charge on any atom is -0.497 e. The van der Waals surface area contributed by atoms with Crippen LogP contribution >= 0.6 is 23.5 Å². The van der Waals surface area contributed by atoms with Crippen LogP contribution in [0.2, 0.25) is 0 Å². The molecular weight excluding hydrogens is 528 g/mol. The number of benzene rings is 2. The van der Waals surface area contributed by atoms with Gasteiger partial charge in [0.15, 0.2) is 16.8 Å². The molecule has 0 unspecified atom stereocenters. The van der Waals surface area contributed by atoms with Gasteiger partial charge in [-0.15, -0.1) is 32.2 Å². The van der Waals surface area contributed by atoms with Crippen LogP contribution in [-0.4, -0.2) is 54.2 Å². The third kappa shape index (κ3) is 5.27. The first-order valence-electron chi connectivity index (χ1n) is 13.0. The third-order valence-corrected chi connectivity index (χ3v) is 9.39. The van der Waals surface area contributed by atoms with Crippen molar-refractivity contribution < 1.29 is 4.74 Å². The summed E-state index contributed by atoms with van der Waals surface area (Å²) in [7, 11) is 1.66. The molecular formula is C28H28N8OS2. The van der Waals surface area contributed by atoms with Crippen molar-refractivity contribution in [1.82, 2.24) is 34.8 Å². The van der Waals surface area contributed by atoms with Gasteiger partial charge in [-0.1, -0.05) is 36.4 Å². The molecule has 198 valence electrons. The summed E-state index contributed by atoms with van der Waals surface area (Å²) >= 11 is 3.37. The maximum atomic E-state index is 10.1. The van der Waals surface area contributed by atoms with E-state index in [0.717, 1.165) is 76.9 Å². The fourth-order valence-corrected chi connectivity index (χ4v) is 7.11. The summed E-state index contributed by atoms with van der Waals surface area (Å²) in [5, 5.41) is 33.4. The standard InChI is InChI=1S/C28H28N8OS2/c1-37-21-13-11-19(12-14-21)25-32-34-28(36(25)20-8-4-2-5-9-20)38-18-22-17-30-27(39-22)23(16-29)26-33-31-24-10-6-3-7-15-35(24)26/h2,4-5,8-9,11-14,22,30H,3,6-7,10,15,17-18H2,1H3/b27-23+/t22-/m1/s1. The molecule has 0 aliphatic carbocycles. The van der Waals surface area contributed by atoms with E-state index in [4.69, 9.17) is 4.74 Å². The molecule has 6 rings (SSSR count). The van der Waals surface area contributed by atoms with E-state index in [0.29, 0.717) is 11.4 Å². The highest BCUT2D eigenvalue weighted by molar-refractivity contribution is 8.06. The highest BCUT2D eigenvalue weighted by Crippen LogP contribution is 2.36. The minimum absolute atomic E-state index is 0.269. The van der Waals surface area contributed by atoms with Crippen LogP contribution in [0.5, 0.6) is 5.75 Å². The lowest BCUT2D eigenvalue weighted by Gasteiger charge is -2.12. The van der Waals surface area contributed by atoms with Gasteiger partial charge < -0.3 is 14.6 Å². The van der Waals surface area contributed by atoms with Crippen molar-refractivity contribution >= 4 is 29.1 Å². The van der Waals surface area contributed by atoms with E-state index in [-0.39, 0.29) is 5.25 Å². The zero-order valence-corrected chi connectivity index (χ0v) is 23.2. The Morgan fingerprint density at radius 2 is 1.92 bits per heavy atom. The SMILES string of the molecule is COc1ccc(-c2nnc(SC[C@H]3CN/C(=C(/C#N)c4nnc5n4CCCCC5)S3)n2-c2ccccc2)cc1. The molecule has 2 aromatic carbocycles. The predicted molar refractivity (Wildman–Crippen MR) is 154 cm³/mol. The number of fused-ring (bicyclic) bond motifs is 1. The molecule has 0 spiro atoms. The summed E-state index contributed by atoms with van der Waals surface area (Å²) in [6.45, 7) is 1.63. The van der Waals surface area contributed by atoms with Crippen LogP contribution < -0.4 is 10.1 Å². The van der Waals surface area contributed by atoms with Crippen molar-refractivity contribution in [2.45, 2.75) is 42.6 Å². The summed E-state index contributed by atoms with van der Waals surface area (Å²) in [4.78, 5) is 0. The molecule has 0 radical (unpaired) electrons. The highest BCUT2D eigenvalue weighted by atomic mass is 32.2. The number of rotatable bonds is 7. The fraction of sp³-hybridized carbons (Fsp3) is 0.321. The monoisotopic (exact) mass is 556 g/mol. The molecule has 0 saturated carbocycles. The van der Waals surface area contributed by atoms with Crippen LogP contribution in [0.1, 0.15) is 30.9 Å². The smallest absolute Gasteiger partial charge is 0.196 e. The molecule has 2 aromatic heterocycles. The predicted octanol–water partition coefficient (Wildman–Crippen LogP) is 4.95. The molecule has 4 heterocycles. The van der Waals surface area contributed by atoms with Crippen molar-refractivity contribution in [3.63, 3.8) is 0 Å². The first kappa shape index (κ1) is 25.5. The second-order valence-electron chi connectivity index (χ2n) is 9.36. The van der Waals surface area contributed by atoms with E-state index >= 15 is 0 Å². The zero-order chi connectivity index (χ0) is 26.6. The lowest BCUT2D eigenvalue weighted by molar-refractivity contribution is 0.415. The Kier molecular flexibility index (Phi) is 7.56. The van der Waals surface area contributed by atoms with Gasteiger partial charge in [0.05, 0.1) is 12.1 Å². The summed E-state index contributed by atoms with van der Waals surface area (Å²) in [6, 6.07) is 20.4. The average molecular weight is 557 g/mol. The Balaban J connectivity index is 1.22. The van der Waals surface area contributed by atoms with Crippen molar-refractivity contribution in [3.05, 3.63) is 71.3 Å². The molecule has 1 N–H and O–H groups in total. The van der Waals surface area contributed by atoms with Crippen LogP contribution in [0.4, 0.5) is 0 Å². The molecule has 11 heteroatoms. The van der Waals surface area contributed by atoms with Crippen LogP contribution in [0.25, 0.3) is 22.6 Å². The number of hydrogen-bond donors (Lipinski definition) is 1. The van der Waals surface area contributed by atoms with Crippen LogP contribution in [0.3, 0.4) is 0 Å². The normalized spacial score (nSPS) is 18.1. The van der Waals surface area contributed by atoms with Crippen molar-refractivity contribution in [2.24, 2.45) is 0 Å². The van der Waals surface area contributed by atoms with Crippen molar-refractivity contribution in [3.8, 4) is 28.9 Å². The Morgan fingerprint density at radius 3 is 2.72 bits per heavy atom. The molecule has 1 atom stereocenters. The fourth-order valence-electron chi connectivity index (χ4n) is 4.84. The summed E-state index contributed by atoms with van der Waals surface area (Å²) in [6.07, 6.45) is 4.31. The Bertz CT molecular complexity index is 1520. The van der Waals surface area contributed by atoms with Gasteiger partial charge in [-0.05, 0) is 49.2 Å². The molecule has 4 aromatic rings. The summed E-state index contributed by atoms with van der Waals surface area (Å²) in [5.74, 6) is 4.06. The number of aromatic nitrogens is 6. The average Bonchev–Trinajstić information content (AvgIpc) is 3.68. The number of nitriles is 1. The van der Waals surface area contributed by atoms with E-state index in [2.05, 4.69) is 53.0 Å². The largest absolute Gasteiger partial charge is 0.497 e. The van der Waals surface area contributed by atoms with E-state index in [1.54, 1.807) is 30.6 Å². The van der Waals surface area contributed by atoms with Gasteiger partial charge in [-0.2, -0.15) is 5.26 Å². The number of para-hydroxylation sites is 1. The van der Waals surface area contributed by atoms with Gasteiger partial charge in [0.25, 0.3) is 0 Å². The number of aryl methyl sites for hydroxylation is 1. The lowest BCUT2D eigenvalue weighted by atomic mass is 10.2. The van der Waals surface area contributed by atoms with Gasteiger partial charge in [-0.3, -0.25) is 4.57 Å². The summed E-state index contributed by atoms with van der Waals surface area (Å²) in [5.41, 5.74) is 2.56. The molecule has 0 amide bonds. The summed E-state index contributed by atoms with van der Waals surface area (Å²) < 4.78 is 9.55. The van der Waals surface area contributed by atoms with Crippen molar-refractivity contribution in [1.29, 1.82) is 5.26 Å². The van der Waals surface area contributed by atoms with Gasteiger partial charge in [0.2, 0.25) is 0 Å². The molecule has 1 saturated heterocycles. The second kappa shape index (κ2) is 11.6. The maximum absolute atomic E-state index is 10.1.